The summed E-state index contributed by atoms with van der Waals surface area (Å²) in [5.74, 6) is -0.283. The Bertz CT molecular complexity index is 764. The van der Waals surface area contributed by atoms with E-state index in [1.165, 1.54) is 6.08 Å². The number of carbonyl (C=O) groups excluding carboxylic acids is 2. The molecular formula is C18H23N5O2. The molecule has 0 unspecified atom stereocenters. The summed E-state index contributed by atoms with van der Waals surface area (Å²) in [7, 11) is 0. The number of carbonyl (C=O) groups is 2. The SMILES string of the molecule is C=CC(=O)N(Cc1nn(CC)nc1C)c1ccc(NC(=O)CC)cc1. The molecule has 0 saturated carbocycles. The van der Waals surface area contributed by atoms with Crippen LogP contribution >= 0.6 is 0 Å². The van der Waals surface area contributed by atoms with Crippen LogP contribution < -0.4 is 10.2 Å². The Morgan fingerprint density at radius 2 is 1.92 bits per heavy atom. The molecule has 0 radical (unpaired) electrons. The van der Waals surface area contributed by atoms with Gasteiger partial charge in [-0.3, -0.25) is 9.59 Å². The number of benzene rings is 1. The highest BCUT2D eigenvalue weighted by atomic mass is 16.2. The molecular weight excluding hydrogens is 318 g/mol. The van der Waals surface area contributed by atoms with Gasteiger partial charge >= 0.3 is 0 Å². The zero-order valence-corrected chi connectivity index (χ0v) is 14.8. The van der Waals surface area contributed by atoms with Crippen molar-refractivity contribution in [3.63, 3.8) is 0 Å². The maximum atomic E-state index is 12.3. The maximum Gasteiger partial charge on any atom is 0.250 e. The summed E-state index contributed by atoms with van der Waals surface area (Å²) < 4.78 is 0. The second-order valence-corrected chi connectivity index (χ2v) is 5.50. The van der Waals surface area contributed by atoms with E-state index in [0.29, 0.717) is 30.9 Å². The van der Waals surface area contributed by atoms with Crippen LogP contribution in [0.1, 0.15) is 31.7 Å². The van der Waals surface area contributed by atoms with E-state index in [2.05, 4.69) is 22.1 Å². The normalized spacial score (nSPS) is 10.4. The Kier molecular flexibility index (Phi) is 6.05. The summed E-state index contributed by atoms with van der Waals surface area (Å²) in [6, 6.07) is 7.10. The summed E-state index contributed by atoms with van der Waals surface area (Å²) in [6.45, 7) is 10.2. The first-order valence-electron chi connectivity index (χ1n) is 8.22. The maximum absolute atomic E-state index is 12.3. The molecule has 0 fully saturated rings. The average Bonchev–Trinajstić information content (AvgIpc) is 2.99. The molecule has 7 heteroatoms. The van der Waals surface area contributed by atoms with Crippen molar-refractivity contribution in [2.75, 3.05) is 10.2 Å². The molecule has 0 saturated heterocycles. The summed E-state index contributed by atoms with van der Waals surface area (Å²) in [5.41, 5.74) is 2.91. The van der Waals surface area contributed by atoms with Crippen LogP contribution in [0.25, 0.3) is 0 Å². The molecule has 1 N–H and O–H groups in total. The van der Waals surface area contributed by atoms with Crippen LogP contribution in [-0.2, 0) is 22.7 Å². The fraction of sp³-hybridized carbons (Fsp3) is 0.333. The van der Waals surface area contributed by atoms with Gasteiger partial charge in [-0.25, -0.2) is 0 Å². The summed E-state index contributed by atoms with van der Waals surface area (Å²) in [6.07, 6.45) is 1.68. The lowest BCUT2D eigenvalue weighted by molar-refractivity contribution is -0.116. The van der Waals surface area contributed by atoms with Crippen molar-refractivity contribution >= 4 is 23.2 Å². The molecule has 2 amide bonds. The molecule has 0 aliphatic carbocycles. The third-order valence-electron chi connectivity index (χ3n) is 3.73. The quantitative estimate of drug-likeness (QED) is 0.785. The van der Waals surface area contributed by atoms with Crippen molar-refractivity contribution in [3.05, 3.63) is 48.3 Å². The van der Waals surface area contributed by atoms with Gasteiger partial charge in [-0.05, 0) is 44.2 Å². The van der Waals surface area contributed by atoms with E-state index in [1.807, 2.05) is 13.8 Å². The monoisotopic (exact) mass is 341 g/mol. The van der Waals surface area contributed by atoms with Crippen molar-refractivity contribution in [3.8, 4) is 0 Å². The third kappa shape index (κ3) is 4.53. The van der Waals surface area contributed by atoms with Crippen molar-refractivity contribution in [2.45, 2.75) is 40.3 Å². The van der Waals surface area contributed by atoms with Crippen molar-refractivity contribution in [1.82, 2.24) is 15.0 Å². The molecule has 0 atom stereocenters. The van der Waals surface area contributed by atoms with Gasteiger partial charge in [0, 0.05) is 17.8 Å². The molecule has 0 aliphatic heterocycles. The molecule has 2 rings (SSSR count). The molecule has 2 aromatic rings. The predicted octanol–water partition coefficient (Wildman–Crippen LogP) is 2.67. The van der Waals surface area contributed by atoms with E-state index in [1.54, 1.807) is 40.9 Å². The first kappa shape index (κ1) is 18.4. The number of hydrogen-bond donors (Lipinski definition) is 1. The van der Waals surface area contributed by atoms with Gasteiger partial charge in [0.25, 0.3) is 5.91 Å². The fourth-order valence-electron chi connectivity index (χ4n) is 2.28. The van der Waals surface area contributed by atoms with Gasteiger partial charge in [-0.15, -0.1) is 0 Å². The van der Waals surface area contributed by atoms with Crippen LogP contribution in [0.2, 0.25) is 0 Å². The summed E-state index contributed by atoms with van der Waals surface area (Å²) >= 11 is 0. The lowest BCUT2D eigenvalue weighted by Crippen LogP contribution is -2.29. The van der Waals surface area contributed by atoms with Gasteiger partial charge in [-0.1, -0.05) is 13.5 Å². The van der Waals surface area contributed by atoms with Crippen LogP contribution in [-0.4, -0.2) is 26.8 Å². The third-order valence-corrected chi connectivity index (χ3v) is 3.73. The second-order valence-electron chi connectivity index (χ2n) is 5.50. The van der Waals surface area contributed by atoms with Gasteiger partial charge in [0.15, 0.2) is 0 Å². The van der Waals surface area contributed by atoms with E-state index in [9.17, 15) is 9.59 Å². The number of anilines is 2. The Labute approximate surface area is 147 Å². The fourth-order valence-corrected chi connectivity index (χ4v) is 2.28. The number of rotatable bonds is 7. The Hall–Kier alpha value is -2.96. The molecule has 0 spiro atoms. The van der Waals surface area contributed by atoms with Crippen molar-refractivity contribution < 1.29 is 9.59 Å². The van der Waals surface area contributed by atoms with Gasteiger partial charge < -0.3 is 10.2 Å². The van der Waals surface area contributed by atoms with E-state index in [-0.39, 0.29) is 11.8 Å². The number of aryl methyl sites for hydroxylation is 2. The second kappa shape index (κ2) is 8.23. The Morgan fingerprint density at radius 3 is 2.44 bits per heavy atom. The lowest BCUT2D eigenvalue weighted by atomic mass is 10.2. The van der Waals surface area contributed by atoms with Crippen LogP contribution in [0.5, 0.6) is 0 Å². The number of amides is 2. The Morgan fingerprint density at radius 1 is 1.24 bits per heavy atom. The van der Waals surface area contributed by atoms with E-state index in [0.717, 1.165) is 11.4 Å². The minimum atomic E-state index is -0.226. The lowest BCUT2D eigenvalue weighted by Gasteiger charge is -2.21. The van der Waals surface area contributed by atoms with E-state index >= 15 is 0 Å². The van der Waals surface area contributed by atoms with E-state index in [4.69, 9.17) is 0 Å². The first-order valence-corrected chi connectivity index (χ1v) is 8.22. The molecule has 25 heavy (non-hydrogen) atoms. The number of aromatic nitrogens is 3. The average molecular weight is 341 g/mol. The van der Waals surface area contributed by atoms with Crippen LogP contribution in [0, 0.1) is 6.92 Å². The molecule has 1 heterocycles. The largest absolute Gasteiger partial charge is 0.326 e. The number of nitrogens with zero attached hydrogens (tertiary/aromatic N) is 4. The zero-order valence-electron chi connectivity index (χ0n) is 14.8. The van der Waals surface area contributed by atoms with E-state index < -0.39 is 0 Å². The highest BCUT2D eigenvalue weighted by Gasteiger charge is 2.17. The summed E-state index contributed by atoms with van der Waals surface area (Å²) in [4.78, 5) is 26.9. The zero-order chi connectivity index (χ0) is 18.4. The van der Waals surface area contributed by atoms with Crippen LogP contribution in [0.4, 0.5) is 11.4 Å². The van der Waals surface area contributed by atoms with Crippen LogP contribution in [0.3, 0.4) is 0 Å². The standard InChI is InChI=1S/C18H23N5O2/c1-5-17(24)19-14-8-10-15(11-9-14)22(18(25)6-2)12-16-13(4)20-23(7-3)21-16/h6,8-11H,2,5,7,12H2,1,3-4H3,(H,19,24). The highest BCUT2D eigenvalue weighted by molar-refractivity contribution is 6.01. The first-order chi connectivity index (χ1) is 12.0. The molecule has 132 valence electrons. The van der Waals surface area contributed by atoms with Crippen molar-refractivity contribution in [1.29, 1.82) is 0 Å². The van der Waals surface area contributed by atoms with Gasteiger partial charge in [0.1, 0.15) is 5.69 Å². The number of nitrogens with one attached hydrogen (secondary N) is 1. The predicted molar refractivity (Wildman–Crippen MR) is 97.2 cm³/mol. The molecule has 0 aliphatic rings. The van der Waals surface area contributed by atoms with Gasteiger partial charge in [0.05, 0.1) is 18.8 Å². The van der Waals surface area contributed by atoms with Crippen LogP contribution in [0.15, 0.2) is 36.9 Å². The molecule has 1 aromatic heterocycles. The summed E-state index contributed by atoms with van der Waals surface area (Å²) in [5, 5.41) is 11.5. The molecule has 1 aromatic carbocycles. The number of hydrogen-bond acceptors (Lipinski definition) is 4. The van der Waals surface area contributed by atoms with Gasteiger partial charge in [0.2, 0.25) is 5.91 Å². The molecule has 0 bridgehead atoms. The van der Waals surface area contributed by atoms with Gasteiger partial charge in [-0.2, -0.15) is 15.0 Å². The van der Waals surface area contributed by atoms with Crippen molar-refractivity contribution in [2.24, 2.45) is 0 Å². The smallest absolute Gasteiger partial charge is 0.250 e. The highest BCUT2D eigenvalue weighted by Crippen LogP contribution is 2.21. The molecule has 7 nitrogen and oxygen atoms in total. The minimum Gasteiger partial charge on any atom is -0.326 e. The Balaban J connectivity index is 2.25. The minimum absolute atomic E-state index is 0.0569. The topological polar surface area (TPSA) is 80.1 Å².